The molecular weight excluding hydrogens is 368 g/mol. The number of aryl methyl sites for hydroxylation is 1. The highest BCUT2D eigenvalue weighted by Gasteiger charge is 2.11. The number of halogens is 1. The van der Waals surface area contributed by atoms with E-state index in [9.17, 15) is 14.4 Å². The van der Waals surface area contributed by atoms with E-state index in [-0.39, 0.29) is 30.8 Å². The molecule has 6 nitrogen and oxygen atoms in total. The number of hydrogen-bond acceptors (Lipinski definition) is 5. The molecule has 0 saturated heterocycles. The summed E-state index contributed by atoms with van der Waals surface area (Å²) in [5.41, 5.74) is 2.04. The second-order valence-corrected chi connectivity index (χ2v) is 6.55. The molecule has 0 aliphatic heterocycles. The number of hydrogen-bond donors (Lipinski definition) is 0. The molecule has 0 radical (unpaired) electrons. The number of carbonyl (C=O) groups excluding carboxylic acids is 2. The van der Waals surface area contributed by atoms with Crippen LogP contribution in [0.4, 0.5) is 0 Å². The highest BCUT2D eigenvalue weighted by molar-refractivity contribution is 6.30. The maximum Gasteiger partial charge on any atom is 0.306 e. The highest BCUT2D eigenvalue weighted by atomic mass is 35.5. The second kappa shape index (κ2) is 8.14. The summed E-state index contributed by atoms with van der Waals surface area (Å²) in [6.07, 6.45) is 1.68. The van der Waals surface area contributed by atoms with E-state index in [0.29, 0.717) is 21.9 Å². The maximum atomic E-state index is 12.1. The van der Waals surface area contributed by atoms with Gasteiger partial charge in [0.2, 0.25) is 0 Å². The molecule has 7 heteroatoms. The fourth-order valence-corrected chi connectivity index (χ4v) is 2.68. The second-order valence-electron chi connectivity index (χ2n) is 6.11. The van der Waals surface area contributed by atoms with Crippen molar-refractivity contribution >= 4 is 29.0 Å². The van der Waals surface area contributed by atoms with Gasteiger partial charge in [-0.1, -0.05) is 17.7 Å². The monoisotopic (exact) mass is 384 g/mol. The van der Waals surface area contributed by atoms with Crippen LogP contribution in [0, 0.1) is 6.92 Å². The molecule has 138 valence electrons. The Hall–Kier alpha value is -2.99. The third kappa shape index (κ3) is 4.80. The average Bonchev–Trinajstić information content (AvgIpc) is 2.65. The highest BCUT2D eigenvalue weighted by Crippen LogP contribution is 2.12. The van der Waals surface area contributed by atoms with Crippen molar-refractivity contribution < 1.29 is 14.3 Å². The summed E-state index contributed by atoms with van der Waals surface area (Å²) < 4.78 is 6.57. The molecule has 2 aromatic heterocycles. The molecule has 27 heavy (non-hydrogen) atoms. The van der Waals surface area contributed by atoms with Crippen LogP contribution in [0.5, 0.6) is 0 Å². The summed E-state index contributed by atoms with van der Waals surface area (Å²) in [5.74, 6) is -0.690. The summed E-state index contributed by atoms with van der Waals surface area (Å²) in [6.45, 7) is 1.76. The van der Waals surface area contributed by atoms with E-state index in [2.05, 4.69) is 4.98 Å². The van der Waals surface area contributed by atoms with E-state index >= 15 is 0 Å². The van der Waals surface area contributed by atoms with Crippen molar-refractivity contribution in [3.8, 4) is 0 Å². The van der Waals surface area contributed by atoms with Crippen LogP contribution in [0.1, 0.15) is 34.5 Å². The molecular formula is C20H17ClN2O4. The molecule has 0 spiro atoms. The fraction of sp³-hybridized carbons (Fsp3) is 0.200. The number of carbonyl (C=O) groups is 2. The van der Waals surface area contributed by atoms with Gasteiger partial charge in [0.15, 0.2) is 5.78 Å². The summed E-state index contributed by atoms with van der Waals surface area (Å²) in [7, 11) is 0. The van der Waals surface area contributed by atoms with Crippen molar-refractivity contribution in [1.29, 1.82) is 0 Å². The lowest BCUT2D eigenvalue weighted by Gasteiger charge is -2.06. The number of aromatic nitrogens is 2. The normalized spacial score (nSPS) is 10.7. The minimum absolute atomic E-state index is 0.0353. The Morgan fingerprint density at radius 1 is 1.11 bits per heavy atom. The lowest BCUT2D eigenvalue weighted by Crippen LogP contribution is -2.17. The summed E-state index contributed by atoms with van der Waals surface area (Å²) in [6, 6.07) is 11.4. The number of benzene rings is 1. The zero-order chi connectivity index (χ0) is 19.4. The van der Waals surface area contributed by atoms with E-state index in [4.69, 9.17) is 16.3 Å². The number of nitrogens with zero attached hydrogens (tertiary/aromatic N) is 2. The van der Waals surface area contributed by atoms with Crippen molar-refractivity contribution in [2.24, 2.45) is 0 Å². The first kappa shape index (κ1) is 18.8. The van der Waals surface area contributed by atoms with Crippen molar-refractivity contribution in [3.05, 3.63) is 80.9 Å². The summed E-state index contributed by atoms with van der Waals surface area (Å²) in [5, 5.41) is 0.542. The molecule has 0 atom stereocenters. The zero-order valence-corrected chi connectivity index (χ0v) is 15.4. The molecule has 3 aromatic rings. The number of ether oxygens (including phenoxy) is 1. The average molecular weight is 385 g/mol. The molecule has 1 aromatic carbocycles. The number of fused-ring (bicyclic) bond motifs is 1. The molecule has 0 unspecified atom stereocenters. The standard InChI is InChI=1S/C20H17ClN2O4/c1-13-2-8-18-22-16(10-19(25)23(18)11-13)12-27-20(26)9-7-17(24)14-3-5-15(21)6-4-14/h2-6,8,10-11H,7,9,12H2,1H3. The van der Waals surface area contributed by atoms with E-state index in [1.807, 2.05) is 13.0 Å². The van der Waals surface area contributed by atoms with Crippen LogP contribution in [0.3, 0.4) is 0 Å². The van der Waals surface area contributed by atoms with Crippen LogP contribution >= 0.6 is 11.6 Å². The van der Waals surface area contributed by atoms with Gasteiger partial charge in [0.05, 0.1) is 12.1 Å². The quantitative estimate of drug-likeness (QED) is 0.481. The Labute approximate surface area is 160 Å². The predicted octanol–water partition coefficient (Wildman–Crippen LogP) is 3.36. The third-order valence-corrected chi connectivity index (χ3v) is 4.22. The first-order valence-corrected chi connectivity index (χ1v) is 8.73. The van der Waals surface area contributed by atoms with Crippen LogP contribution in [0.15, 0.2) is 53.5 Å². The number of ketones is 1. The molecule has 0 N–H and O–H groups in total. The molecule has 0 bridgehead atoms. The fourth-order valence-electron chi connectivity index (χ4n) is 2.55. The minimum Gasteiger partial charge on any atom is -0.459 e. The Kier molecular flexibility index (Phi) is 5.66. The van der Waals surface area contributed by atoms with Gasteiger partial charge in [0, 0.05) is 29.3 Å². The Morgan fingerprint density at radius 2 is 1.85 bits per heavy atom. The summed E-state index contributed by atoms with van der Waals surface area (Å²) >= 11 is 5.78. The van der Waals surface area contributed by atoms with Gasteiger partial charge in [0.1, 0.15) is 12.3 Å². The molecule has 0 saturated carbocycles. The number of Topliss-reactive ketones (excluding diaryl/α,β-unsaturated/α-hetero) is 1. The number of pyridine rings is 1. The van der Waals surface area contributed by atoms with E-state index < -0.39 is 5.97 Å². The zero-order valence-electron chi connectivity index (χ0n) is 14.6. The first-order valence-electron chi connectivity index (χ1n) is 8.36. The van der Waals surface area contributed by atoms with Crippen LogP contribution in [0.2, 0.25) is 5.02 Å². The lowest BCUT2D eigenvalue weighted by molar-refractivity contribution is -0.145. The lowest BCUT2D eigenvalue weighted by atomic mass is 10.1. The summed E-state index contributed by atoms with van der Waals surface area (Å²) in [4.78, 5) is 40.4. The van der Waals surface area contributed by atoms with Crippen LogP contribution in [-0.2, 0) is 16.1 Å². The van der Waals surface area contributed by atoms with Crippen LogP contribution in [0.25, 0.3) is 5.65 Å². The van der Waals surface area contributed by atoms with Gasteiger partial charge in [-0.25, -0.2) is 4.98 Å². The van der Waals surface area contributed by atoms with Gasteiger partial charge in [-0.05, 0) is 42.8 Å². The van der Waals surface area contributed by atoms with E-state index in [1.165, 1.54) is 10.5 Å². The largest absolute Gasteiger partial charge is 0.459 e. The molecule has 0 amide bonds. The van der Waals surface area contributed by atoms with E-state index in [1.54, 1.807) is 36.5 Å². The van der Waals surface area contributed by atoms with Crippen molar-refractivity contribution in [3.63, 3.8) is 0 Å². The molecule has 2 heterocycles. The smallest absolute Gasteiger partial charge is 0.306 e. The SMILES string of the molecule is Cc1ccc2nc(COC(=O)CCC(=O)c3ccc(Cl)cc3)cc(=O)n2c1. The molecule has 3 rings (SSSR count). The van der Waals surface area contributed by atoms with Gasteiger partial charge in [-0.3, -0.25) is 18.8 Å². The molecule has 0 aliphatic rings. The number of rotatable bonds is 6. The van der Waals surface area contributed by atoms with Crippen molar-refractivity contribution in [2.45, 2.75) is 26.4 Å². The van der Waals surface area contributed by atoms with E-state index in [0.717, 1.165) is 5.56 Å². The third-order valence-electron chi connectivity index (χ3n) is 3.96. The van der Waals surface area contributed by atoms with Gasteiger partial charge >= 0.3 is 5.97 Å². The molecule has 0 fully saturated rings. The van der Waals surface area contributed by atoms with Gasteiger partial charge < -0.3 is 4.74 Å². The topological polar surface area (TPSA) is 77.7 Å². The predicted molar refractivity (Wildman–Crippen MR) is 101 cm³/mol. The molecule has 0 aliphatic carbocycles. The van der Waals surface area contributed by atoms with Crippen LogP contribution in [-0.4, -0.2) is 21.1 Å². The van der Waals surface area contributed by atoms with Gasteiger partial charge in [-0.15, -0.1) is 0 Å². The Bertz CT molecular complexity index is 1060. The maximum absolute atomic E-state index is 12.1. The van der Waals surface area contributed by atoms with Crippen molar-refractivity contribution in [1.82, 2.24) is 9.38 Å². The first-order chi connectivity index (χ1) is 12.9. The Morgan fingerprint density at radius 3 is 2.59 bits per heavy atom. The Balaban J connectivity index is 1.57. The minimum atomic E-state index is -0.525. The number of esters is 1. The van der Waals surface area contributed by atoms with Crippen LogP contribution < -0.4 is 5.56 Å². The van der Waals surface area contributed by atoms with Gasteiger partial charge in [-0.2, -0.15) is 0 Å². The van der Waals surface area contributed by atoms with Gasteiger partial charge in [0.25, 0.3) is 5.56 Å². The van der Waals surface area contributed by atoms with Crippen molar-refractivity contribution in [2.75, 3.05) is 0 Å².